The van der Waals surface area contributed by atoms with Crippen molar-refractivity contribution in [1.82, 2.24) is 0 Å². The molecule has 2 nitrogen and oxygen atoms in total. The third-order valence-electron chi connectivity index (χ3n) is 8.17. The molecule has 0 aromatic heterocycles. The Morgan fingerprint density at radius 2 is 0.500 bits per heavy atom. The molecular formula is C34H70O2P2. The monoisotopic (exact) mass is 572 g/mol. The fraction of sp³-hybridized carbons (Fsp3) is 0.941. The molecular weight excluding hydrogens is 502 g/mol. The Labute approximate surface area is 241 Å². The van der Waals surface area contributed by atoms with E-state index in [1.807, 2.05) is 11.6 Å². The van der Waals surface area contributed by atoms with Crippen LogP contribution in [0.5, 0.6) is 0 Å². The molecule has 0 fully saturated rings. The summed E-state index contributed by atoms with van der Waals surface area (Å²) in [6.45, 7) is 9.03. The van der Waals surface area contributed by atoms with Gasteiger partial charge < -0.3 is 9.13 Å². The van der Waals surface area contributed by atoms with Crippen LogP contribution in [0.3, 0.4) is 0 Å². The van der Waals surface area contributed by atoms with Crippen molar-refractivity contribution in [3.8, 4) is 0 Å². The van der Waals surface area contributed by atoms with Crippen molar-refractivity contribution < 1.29 is 9.13 Å². The lowest BCUT2D eigenvalue weighted by molar-refractivity contribution is 0.564. The molecule has 0 aliphatic rings. The van der Waals surface area contributed by atoms with Gasteiger partial charge in [-0.25, -0.2) is 0 Å². The molecule has 0 aliphatic carbocycles. The van der Waals surface area contributed by atoms with Crippen molar-refractivity contribution in [2.45, 2.75) is 182 Å². The van der Waals surface area contributed by atoms with Crippen LogP contribution in [0, 0.1) is 0 Å². The van der Waals surface area contributed by atoms with Gasteiger partial charge >= 0.3 is 0 Å². The first-order chi connectivity index (χ1) is 18.4. The predicted molar refractivity (Wildman–Crippen MR) is 177 cm³/mol. The Morgan fingerprint density at radius 1 is 0.316 bits per heavy atom. The summed E-state index contributed by atoms with van der Waals surface area (Å²) in [5.74, 6) is 4.08. The average molecular weight is 573 g/mol. The summed E-state index contributed by atoms with van der Waals surface area (Å²) < 4.78 is 28.3. The standard InChI is InChI=1S/C34H70O2P2/c1-5-9-13-17-21-25-29-37(35,30-26-22-18-14-10-6-2)33-34-38(36,31-27-23-19-15-11-7-3)32-28-24-20-16-12-8-4/h33-34H,5-32H2,1-4H3. The van der Waals surface area contributed by atoms with Crippen LogP contribution in [0.25, 0.3) is 0 Å². The van der Waals surface area contributed by atoms with E-state index in [9.17, 15) is 9.13 Å². The minimum absolute atomic E-state index is 0.832. The number of hydrogen-bond donors (Lipinski definition) is 0. The molecule has 4 heteroatoms. The molecule has 0 aromatic rings. The molecule has 0 rings (SSSR count). The molecule has 0 N–H and O–H groups in total. The van der Waals surface area contributed by atoms with Gasteiger partial charge in [-0.05, 0) is 37.3 Å². The Bertz CT molecular complexity index is 522. The lowest BCUT2D eigenvalue weighted by Crippen LogP contribution is -1.98. The first kappa shape index (κ1) is 38.2. The van der Waals surface area contributed by atoms with Gasteiger partial charge in [0.05, 0.1) is 0 Å². The van der Waals surface area contributed by atoms with E-state index in [1.54, 1.807) is 0 Å². The van der Waals surface area contributed by atoms with E-state index in [1.165, 1.54) is 128 Å². The van der Waals surface area contributed by atoms with Gasteiger partial charge in [0.2, 0.25) is 0 Å². The fourth-order valence-corrected chi connectivity index (χ4v) is 11.4. The van der Waals surface area contributed by atoms with Crippen molar-refractivity contribution >= 4 is 14.3 Å². The second kappa shape index (κ2) is 27.4. The topological polar surface area (TPSA) is 34.1 Å². The van der Waals surface area contributed by atoms with Crippen LogP contribution < -0.4 is 0 Å². The van der Waals surface area contributed by atoms with Gasteiger partial charge in [0.15, 0.2) is 0 Å². The normalized spacial score (nSPS) is 12.6. The van der Waals surface area contributed by atoms with E-state index < -0.39 is 14.3 Å². The van der Waals surface area contributed by atoms with Gasteiger partial charge in [0.25, 0.3) is 0 Å². The zero-order chi connectivity index (χ0) is 28.2. The molecule has 0 bridgehead atoms. The van der Waals surface area contributed by atoms with Crippen LogP contribution >= 0.6 is 14.3 Å². The van der Waals surface area contributed by atoms with Crippen LogP contribution in [0.15, 0.2) is 11.6 Å². The van der Waals surface area contributed by atoms with Crippen molar-refractivity contribution in [3.05, 3.63) is 11.6 Å². The summed E-state index contributed by atoms with van der Waals surface area (Å²) in [7, 11) is -4.77. The van der Waals surface area contributed by atoms with E-state index in [4.69, 9.17) is 0 Å². The largest absolute Gasteiger partial charge is 0.319 e. The average Bonchev–Trinajstić information content (AvgIpc) is 2.91. The highest BCUT2D eigenvalue weighted by atomic mass is 31.2. The van der Waals surface area contributed by atoms with Crippen molar-refractivity contribution in [1.29, 1.82) is 0 Å². The zero-order valence-corrected chi connectivity index (χ0v) is 28.5. The van der Waals surface area contributed by atoms with Gasteiger partial charge in [0, 0.05) is 24.6 Å². The molecule has 0 unspecified atom stereocenters. The summed E-state index contributed by atoms with van der Waals surface area (Å²) in [6, 6.07) is 0. The maximum atomic E-state index is 14.1. The number of hydrogen-bond acceptors (Lipinski definition) is 2. The van der Waals surface area contributed by atoms with Gasteiger partial charge in [-0.3, -0.25) is 0 Å². The van der Waals surface area contributed by atoms with E-state index >= 15 is 0 Å². The van der Waals surface area contributed by atoms with Crippen LogP contribution in [0.1, 0.15) is 182 Å². The Morgan fingerprint density at radius 3 is 0.711 bits per heavy atom. The molecule has 0 aliphatic heterocycles. The molecule has 0 amide bonds. The fourth-order valence-electron chi connectivity index (χ4n) is 5.40. The Kier molecular flexibility index (Phi) is 27.5. The van der Waals surface area contributed by atoms with Gasteiger partial charge in [-0.1, -0.05) is 156 Å². The number of rotatable bonds is 30. The summed E-state index contributed by atoms with van der Waals surface area (Å²) in [5, 5.41) is 0. The zero-order valence-electron chi connectivity index (χ0n) is 26.7. The molecule has 0 radical (unpaired) electrons. The van der Waals surface area contributed by atoms with Crippen molar-refractivity contribution in [3.63, 3.8) is 0 Å². The van der Waals surface area contributed by atoms with Crippen LogP contribution in [0.2, 0.25) is 0 Å². The van der Waals surface area contributed by atoms with Gasteiger partial charge in [-0.2, -0.15) is 0 Å². The third kappa shape index (κ3) is 24.0. The SMILES string of the molecule is CCCCCCCCP(=O)(C=CP(=O)(CCCCCCCC)CCCCCCCC)CCCCCCCC. The van der Waals surface area contributed by atoms with E-state index in [2.05, 4.69) is 27.7 Å². The summed E-state index contributed by atoms with van der Waals surface area (Å²) >= 11 is 0. The molecule has 0 saturated heterocycles. The van der Waals surface area contributed by atoms with Crippen LogP contribution in [-0.4, -0.2) is 24.6 Å². The molecule has 0 heterocycles. The lowest BCUT2D eigenvalue weighted by atomic mass is 10.1. The summed E-state index contributed by atoms with van der Waals surface area (Å²) in [5.41, 5.74) is 0. The molecule has 228 valence electrons. The minimum Gasteiger partial charge on any atom is -0.319 e. The van der Waals surface area contributed by atoms with Crippen LogP contribution in [0.4, 0.5) is 0 Å². The highest BCUT2D eigenvalue weighted by Gasteiger charge is 2.23. The lowest BCUT2D eigenvalue weighted by Gasteiger charge is -2.18. The van der Waals surface area contributed by atoms with Crippen LogP contribution in [-0.2, 0) is 9.13 Å². The minimum atomic E-state index is -2.39. The summed E-state index contributed by atoms with van der Waals surface area (Å²) in [4.78, 5) is 0. The molecule has 0 saturated carbocycles. The maximum absolute atomic E-state index is 14.1. The van der Waals surface area contributed by atoms with Gasteiger partial charge in [-0.15, -0.1) is 0 Å². The highest BCUT2D eigenvalue weighted by molar-refractivity contribution is 7.70. The highest BCUT2D eigenvalue weighted by Crippen LogP contribution is 2.56. The Balaban J connectivity index is 5.14. The van der Waals surface area contributed by atoms with Crippen molar-refractivity contribution in [2.75, 3.05) is 24.6 Å². The quantitative estimate of drug-likeness (QED) is 0.0633. The van der Waals surface area contributed by atoms with Gasteiger partial charge in [0.1, 0.15) is 14.3 Å². The first-order valence-electron chi connectivity index (χ1n) is 17.3. The van der Waals surface area contributed by atoms with E-state index in [0.717, 1.165) is 50.3 Å². The first-order valence-corrected chi connectivity index (χ1v) is 21.6. The van der Waals surface area contributed by atoms with E-state index in [0.29, 0.717) is 0 Å². The van der Waals surface area contributed by atoms with Crippen molar-refractivity contribution in [2.24, 2.45) is 0 Å². The Hall–Kier alpha value is 0.200. The van der Waals surface area contributed by atoms with E-state index in [-0.39, 0.29) is 0 Å². The second-order valence-corrected chi connectivity index (χ2v) is 18.4. The number of unbranched alkanes of at least 4 members (excludes halogenated alkanes) is 20. The molecule has 38 heavy (non-hydrogen) atoms. The second-order valence-electron chi connectivity index (χ2n) is 12.2. The predicted octanol–water partition coefficient (Wildman–Crippen LogP) is 13.6. The molecule has 0 spiro atoms. The smallest absolute Gasteiger partial charge is 0.108 e. The molecule has 0 atom stereocenters. The third-order valence-corrected chi connectivity index (χ3v) is 14.1. The molecule has 0 aromatic carbocycles. The maximum Gasteiger partial charge on any atom is 0.108 e. The summed E-state index contributed by atoms with van der Waals surface area (Å²) in [6.07, 6.45) is 33.0.